The number of carbonyl (C=O) groups excluding carboxylic acids is 1. The molecule has 2 aromatic rings. The van der Waals surface area contributed by atoms with Gasteiger partial charge in [-0.1, -0.05) is 35.4 Å². The molecule has 1 aliphatic carbocycles. The Morgan fingerprint density at radius 3 is 2.43 bits per heavy atom. The fourth-order valence-corrected chi connectivity index (χ4v) is 3.57. The lowest BCUT2D eigenvalue weighted by molar-refractivity contribution is -0.392. The second kappa shape index (κ2) is 8.00. The van der Waals surface area contributed by atoms with Crippen molar-refractivity contribution in [3.05, 3.63) is 46.6 Å². The van der Waals surface area contributed by atoms with Crippen molar-refractivity contribution >= 4 is 11.9 Å². The number of ether oxygens (including phenoxy) is 1. The van der Waals surface area contributed by atoms with Crippen LogP contribution in [0.25, 0.3) is 11.1 Å². The maximum absolute atomic E-state index is 11.9. The largest absolute Gasteiger partial charge is 0.444 e. The Hall–Kier alpha value is -2.90. The zero-order valence-corrected chi connectivity index (χ0v) is 16.4. The van der Waals surface area contributed by atoms with Crippen LogP contribution in [0.3, 0.4) is 0 Å². The Labute approximate surface area is 164 Å². The number of nitro groups is 1. The Bertz CT molecular complexity index is 834. The van der Waals surface area contributed by atoms with E-state index in [0.29, 0.717) is 18.4 Å². The second-order valence-corrected chi connectivity index (χ2v) is 8.10. The summed E-state index contributed by atoms with van der Waals surface area (Å²) in [6, 6.07) is 9.21. The predicted octanol–water partition coefficient (Wildman–Crippen LogP) is 4.47. The Morgan fingerprint density at radius 2 is 1.86 bits per heavy atom. The van der Waals surface area contributed by atoms with Crippen molar-refractivity contribution in [3.63, 3.8) is 0 Å². The van der Waals surface area contributed by atoms with Gasteiger partial charge in [-0.05, 0) is 56.9 Å². The maximum Gasteiger partial charge on any atom is 0.407 e. The van der Waals surface area contributed by atoms with Gasteiger partial charge in [0.05, 0.1) is 11.8 Å². The van der Waals surface area contributed by atoms with Crippen LogP contribution in [0.15, 0.2) is 36.5 Å². The number of benzene rings is 1. The lowest BCUT2D eigenvalue weighted by atomic mass is 9.91. The third-order valence-electron chi connectivity index (χ3n) is 4.79. The zero-order chi connectivity index (χ0) is 20.3. The normalized spacial score (nSPS) is 19.8. The number of hydrogen-bond donors (Lipinski definition) is 1. The zero-order valence-electron chi connectivity index (χ0n) is 16.4. The first-order valence-electron chi connectivity index (χ1n) is 9.51. The van der Waals surface area contributed by atoms with Gasteiger partial charge in [0.1, 0.15) is 11.6 Å². The van der Waals surface area contributed by atoms with E-state index >= 15 is 0 Å². The van der Waals surface area contributed by atoms with Gasteiger partial charge in [-0.15, -0.1) is 4.68 Å². The van der Waals surface area contributed by atoms with E-state index in [1.54, 1.807) is 6.20 Å². The molecule has 0 unspecified atom stereocenters. The number of nitrogens with one attached hydrogen (secondary N) is 1. The molecule has 0 spiro atoms. The molecule has 8 heteroatoms. The molecule has 3 rings (SSSR count). The maximum atomic E-state index is 11.9. The van der Waals surface area contributed by atoms with Gasteiger partial charge >= 0.3 is 11.9 Å². The fourth-order valence-electron chi connectivity index (χ4n) is 3.57. The molecule has 1 fully saturated rings. The highest BCUT2D eigenvalue weighted by atomic mass is 16.6. The van der Waals surface area contributed by atoms with Crippen molar-refractivity contribution in [2.45, 2.75) is 64.1 Å². The molecule has 8 nitrogen and oxygen atoms in total. The van der Waals surface area contributed by atoms with Crippen molar-refractivity contribution in [3.8, 4) is 11.1 Å². The van der Waals surface area contributed by atoms with Crippen LogP contribution >= 0.6 is 0 Å². The molecule has 150 valence electrons. The van der Waals surface area contributed by atoms with E-state index in [1.807, 2.05) is 51.1 Å². The van der Waals surface area contributed by atoms with Crippen molar-refractivity contribution in [2.24, 2.45) is 0 Å². The van der Waals surface area contributed by atoms with Gasteiger partial charge in [-0.2, -0.15) is 0 Å². The molecule has 28 heavy (non-hydrogen) atoms. The molecule has 1 N–H and O–H groups in total. The highest BCUT2D eigenvalue weighted by Crippen LogP contribution is 2.36. The average molecular weight is 386 g/mol. The number of hydrogen-bond acceptors (Lipinski definition) is 5. The number of carbonyl (C=O) groups is 1. The highest BCUT2D eigenvalue weighted by Gasteiger charge is 2.33. The first kappa shape index (κ1) is 19.9. The van der Waals surface area contributed by atoms with Gasteiger partial charge < -0.3 is 20.2 Å². The molecule has 0 bridgehead atoms. The van der Waals surface area contributed by atoms with Crippen LogP contribution < -0.4 is 5.32 Å². The van der Waals surface area contributed by atoms with Crippen LogP contribution in [-0.2, 0) is 4.74 Å². The summed E-state index contributed by atoms with van der Waals surface area (Å²) in [6.07, 6.45) is 4.00. The third-order valence-corrected chi connectivity index (χ3v) is 4.79. The molecule has 0 radical (unpaired) electrons. The average Bonchev–Trinajstić information content (AvgIpc) is 3.07. The smallest absolute Gasteiger partial charge is 0.407 e. The van der Waals surface area contributed by atoms with Crippen LogP contribution in [0, 0.1) is 10.1 Å². The lowest BCUT2D eigenvalue weighted by Gasteiger charge is -2.28. The first-order chi connectivity index (χ1) is 13.2. The molecular weight excluding hydrogens is 360 g/mol. The molecule has 0 aliphatic heterocycles. The van der Waals surface area contributed by atoms with Gasteiger partial charge in [0.25, 0.3) is 0 Å². The molecule has 0 saturated heterocycles. The van der Waals surface area contributed by atoms with Gasteiger partial charge in [0, 0.05) is 6.04 Å². The van der Waals surface area contributed by atoms with E-state index in [-0.39, 0.29) is 22.8 Å². The first-order valence-corrected chi connectivity index (χ1v) is 9.51. The molecular formula is C20H26N4O4. The molecule has 0 atom stereocenters. The Kier molecular flexibility index (Phi) is 5.67. The van der Waals surface area contributed by atoms with Gasteiger partial charge in [-0.25, -0.2) is 4.79 Å². The quantitative estimate of drug-likeness (QED) is 0.617. The van der Waals surface area contributed by atoms with E-state index in [0.717, 1.165) is 18.4 Å². The monoisotopic (exact) mass is 386 g/mol. The summed E-state index contributed by atoms with van der Waals surface area (Å²) < 4.78 is 6.83. The van der Waals surface area contributed by atoms with Crippen LogP contribution in [0.1, 0.15) is 52.5 Å². The third kappa shape index (κ3) is 4.68. The minimum Gasteiger partial charge on any atom is -0.444 e. The topological polar surface area (TPSA) is 99.3 Å². The van der Waals surface area contributed by atoms with Crippen LogP contribution in [0.4, 0.5) is 10.6 Å². The summed E-state index contributed by atoms with van der Waals surface area (Å²) in [6.45, 7) is 5.47. The molecule has 1 aromatic heterocycles. The van der Waals surface area contributed by atoms with E-state index in [2.05, 4.69) is 10.4 Å². The van der Waals surface area contributed by atoms with Gasteiger partial charge in [-0.3, -0.25) is 0 Å². The van der Waals surface area contributed by atoms with Crippen LogP contribution in [-0.4, -0.2) is 32.4 Å². The Balaban J connectivity index is 1.69. The summed E-state index contributed by atoms with van der Waals surface area (Å²) >= 11 is 0. The number of rotatable bonds is 4. The van der Waals surface area contributed by atoms with Gasteiger partial charge in [0.15, 0.2) is 0 Å². The minimum atomic E-state index is -0.537. The molecule has 1 aromatic carbocycles. The molecule has 1 aliphatic rings. The number of aromatic nitrogens is 2. The van der Waals surface area contributed by atoms with E-state index in [9.17, 15) is 14.9 Å². The lowest BCUT2D eigenvalue weighted by Crippen LogP contribution is -2.41. The number of amides is 1. The fraction of sp³-hybridized carbons (Fsp3) is 0.500. The highest BCUT2D eigenvalue weighted by molar-refractivity contribution is 5.71. The van der Waals surface area contributed by atoms with E-state index in [1.165, 1.54) is 4.68 Å². The molecule has 1 saturated carbocycles. The molecule has 1 heterocycles. The predicted molar refractivity (Wildman–Crippen MR) is 105 cm³/mol. The Morgan fingerprint density at radius 1 is 1.21 bits per heavy atom. The molecule has 1 amide bonds. The van der Waals surface area contributed by atoms with Crippen molar-refractivity contribution in [1.29, 1.82) is 0 Å². The summed E-state index contributed by atoms with van der Waals surface area (Å²) in [5.41, 5.74) is 0.769. The van der Waals surface area contributed by atoms with Crippen LogP contribution in [0.5, 0.6) is 0 Å². The number of alkyl carbamates (subject to hydrolysis) is 1. The number of nitrogens with zero attached hydrogens (tertiary/aromatic N) is 3. The van der Waals surface area contributed by atoms with Crippen LogP contribution in [0.2, 0.25) is 0 Å². The second-order valence-electron chi connectivity index (χ2n) is 8.10. The minimum absolute atomic E-state index is 0.00862. The summed E-state index contributed by atoms with van der Waals surface area (Å²) in [5, 5.41) is 19.0. The van der Waals surface area contributed by atoms with Crippen molar-refractivity contribution in [2.75, 3.05) is 0 Å². The standard InChI is InChI=1S/C20H26N4O4/c1-20(2,3)28-19(25)22-15-9-11-16(12-10-15)23-18(24(26)27)17(13-21-23)14-7-5-4-6-8-14/h4-8,13,15-16H,9-12H2,1-3H3,(H,22,25)/t15-,16+. The van der Waals surface area contributed by atoms with Gasteiger partial charge in [0.2, 0.25) is 0 Å². The summed E-state index contributed by atoms with van der Waals surface area (Å²) in [4.78, 5) is 23.3. The SMILES string of the molecule is CC(C)(C)OC(=O)N[C@H]1CC[C@@H](n2ncc(-c3ccccc3)c2[N+](=O)[O-])CC1. The van der Waals surface area contributed by atoms with E-state index < -0.39 is 11.7 Å². The van der Waals surface area contributed by atoms with Crippen molar-refractivity contribution < 1.29 is 14.5 Å². The summed E-state index contributed by atoms with van der Waals surface area (Å²) in [5.74, 6) is 0.0229. The van der Waals surface area contributed by atoms with Crippen molar-refractivity contribution in [1.82, 2.24) is 15.1 Å². The summed E-state index contributed by atoms with van der Waals surface area (Å²) in [7, 11) is 0. The van der Waals surface area contributed by atoms with E-state index in [4.69, 9.17) is 4.74 Å².